The van der Waals surface area contributed by atoms with E-state index in [9.17, 15) is 4.79 Å². The van der Waals surface area contributed by atoms with E-state index in [0.717, 1.165) is 24.3 Å². The van der Waals surface area contributed by atoms with E-state index in [0.29, 0.717) is 0 Å². The van der Waals surface area contributed by atoms with Gasteiger partial charge in [-0.2, -0.15) is 5.10 Å². The molecule has 2 aromatic rings. The van der Waals surface area contributed by atoms with Gasteiger partial charge in [-0.1, -0.05) is 12.1 Å². The lowest BCUT2D eigenvalue weighted by atomic mass is 10.1. The Labute approximate surface area is 117 Å². The summed E-state index contributed by atoms with van der Waals surface area (Å²) in [4.78, 5) is 13.3. The summed E-state index contributed by atoms with van der Waals surface area (Å²) in [6, 6.07) is 9.82. The van der Waals surface area contributed by atoms with Gasteiger partial charge in [0.15, 0.2) is 5.69 Å². The molecular weight excluding hydrogens is 254 g/mol. The molecule has 3 rings (SSSR count). The lowest BCUT2D eigenvalue weighted by Crippen LogP contribution is -2.17. The first-order valence-corrected chi connectivity index (χ1v) is 6.78. The predicted molar refractivity (Wildman–Crippen MR) is 77.1 cm³/mol. The lowest BCUT2D eigenvalue weighted by molar-refractivity contribution is 0.0689. The average Bonchev–Trinajstić information content (AvgIpc) is 3.08. The van der Waals surface area contributed by atoms with Gasteiger partial charge >= 0.3 is 5.97 Å². The Kier molecular flexibility index (Phi) is 3.18. The number of hydrogen-bond donors (Lipinski definition) is 1. The number of rotatable bonds is 3. The van der Waals surface area contributed by atoms with Crippen molar-refractivity contribution in [3.05, 3.63) is 36.0 Å². The van der Waals surface area contributed by atoms with Gasteiger partial charge in [0.1, 0.15) is 0 Å². The number of carboxylic acids is 1. The van der Waals surface area contributed by atoms with Crippen molar-refractivity contribution in [2.24, 2.45) is 7.05 Å². The van der Waals surface area contributed by atoms with Crippen LogP contribution >= 0.6 is 0 Å². The van der Waals surface area contributed by atoms with Crippen LogP contribution in [0.1, 0.15) is 23.3 Å². The standard InChI is InChI=1S/C15H17N3O2/c1-17-14(10-13(16-17)15(19)20)11-5-4-6-12(9-11)18-7-2-3-8-18/h4-6,9-10H,2-3,7-8H2,1H3,(H,19,20). The van der Waals surface area contributed by atoms with Crippen molar-refractivity contribution in [2.75, 3.05) is 18.0 Å². The third-order valence-corrected chi connectivity index (χ3v) is 3.71. The fraction of sp³-hybridized carbons (Fsp3) is 0.333. The molecule has 0 spiro atoms. The SMILES string of the molecule is Cn1nc(C(=O)O)cc1-c1cccc(N2CCCC2)c1. The Bertz CT molecular complexity index is 642. The average molecular weight is 271 g/mol. The fourth-order valence-corrected chi connectivity index (χ4v) is 2.68. The van der Waals surface area contributed by atoms with Crippen LogP contribution in [0, 0.1) is 0 Å². The number of carboxylic acid groups (broad SMARTS) is 1. The highest BCUT2D eigenvalue weighted by molar-refractivity contribution is 5.87. The minimum absolute atomic E-state index is 0.0778. The van der Waals surface area contributed by atoms with Crippen molar-refractivity contribution < 1.29 is 9.90 Å². The Morgan fingerprint density at radius 2 is 2.00 bits per heavy atom. The molecule has 20 heavy (non-hydrogen) atoms. The summed E-state index contributed by atoms with van der Waals surface area (Å²) in [5.74, 6) is -0.998. The van der Waals surface area contributed by atoms with E-state index in [4.69, 9.17) is 5.11 Å². The van der Waals surface area contributed by atoms with Crippen LogP contribution in [-0.4, -0.2) is 33.9 Å². The Hall–Kier alpha value is -2.30. The molecule has 0 saturated carbocycles. The molecule has 5 heteroatoms. The molecule has 1 aromatic carbocycles. The van der Waals surface area contributed by atoms with Gasteiger partial charge in [0, 0.05) is 31.4 Å². The number of hydrogen-bond acceptors (Lipinski definition) is 3. The van der Waals surface area contributed by atoms with Gasteiger partial charge in [-0.15, -0.1) is 0 Å². The molecule has 0 atom stereocenters. The van der Waals surface area contributed by atoms with E-state index in [-0.39, 0.29) is 5.69 Å². The predicted octanol–water partition coefficient (Wildman–Crippen LogP) is 2.39. The first kappa shape index (κ1) is 12.7. The van der Waals surface area contributed by atoms with Crippen molar-refractivity contribution in [3.63, 3.8) is 0 Å². The van der Waals surface area contributed by atoms with Crippen LogP contribution in [-0.2, 0) is 7.05 Å². The number of carbonyl (C=O) groups is 1. The van der Waals surface area contributed by atoms with E-state index < -0.39 is 5.97 Å². The Morgan fingerprint density at radius 3 is 2.65 bits per heavy atom. The highest BCUT2D eigenvalue weighted by Crippen LogP contribution is 2.27. The van der Waals surface area contributed by atoms with E-state index in [1.54, 1.807) is 17.8 Å². The number of anilines is 1. The molecule has 104 valence electrons. The monoisotopic (exact) mass is 271 g/mol. The molecule has 1 fully saturated rings. The van der Waals surface area contributed by atoms with Crippen molar-refractivity contribution >= 4 is 11.7 Å². The van der Waals surface area contributed by atoms with Gasteiger partial charge in [-0.25, -0.2) is 4.79 Å². The molecule has 0 radical (unpaired) electrons. The maximum atomic E-state index is 11.0. The first-order chi connectivity index (χ1) is 9.65. The first-order valence-electron chi connectivity index (χ1n) is 6.78. The van der Waals surface area contributed by atoms with E-state index in [1.807, 2.05) is 12.1 Å². The minimum atomic E-state index is -0.998. The summed E-state index contributed by atoms with van der Waals surface area (Å²) in [5.41, 5.74) is 3.09. The molecule has 1 aromatic heterocycles. The van der Waals surface area contributed by atoms with Crippen molar-refractivity contribution in [2.45, 2.75) is 12.8 Å². The molecule has 5 nitrogen and oxygen atoms in total. The van der Waals surface area contributed by atoms with Crippen molar-refractivity contribution in [1.82, 2.24) is 9.78 Å². The lowest BCUT2D eigenvalue weighted by Gasteiger charge is -2.18. The van der Waals surface area contributed by atoms with Crippen LogP contribution in [0.15, 0.2) is 30.3 Å². The highest BCUT2D eigenvalue weighted by atomic mass is 16.4. The zero-order chi connectivity index (χ0) is 14.1. The quantitative estimate of drug-likeness (QED) is 0.931. The van der Waals surface area contributed by atoms with Gasteiger partial charge in [-0.3, -0.25) is 4.68 Å². The van der Waals surface area contributed by atoms with Crippen LogP contribution in [0.4, 0.5) is 5.69 Å². The molecule has 0 bridgehead atoms. The molecule has 0 amide bonds. The van der Waals surface area contributed by atoms with E-state index in [1.165, 1.54) is 18.5 Å². The molecule has 2 heterocycles. The van der Waals surface area contributed by atoms with Gasteiger partial charge in [0.2, 0.25) is 0 Å². The maximum absolute atomic E-state index is 11.0. The zero-order valence-corrected chi connectivity index (χ0v) is 11.4. The summed E-state index contributed by atoms with van der Waals surface area (Å²) in [5, 5.41) is 13.0. The minimum Gasteiger partial charge on any atom is -0.476 e. The van der Waals surface area contributed by atoms with Crippen LogP contribution in [0.5, 0.6) is 0 Å². The van der Waals surface area contributed by atoms with Crippen LogP contribution in [0.2, 0.25) is 0 Å². The topological polar surface area (TPSA) is 58.4 Å². The smallest absolute Gasteiger partial charge is 0.356 e. The molecule has 1 aliphatic heterocycles. The third kappa shape index (κ3) is 2.27. The molecule has 1 saturated heterocycles. The number of aromatic nitrogens is 2. The fourth-order valence-electron chi connectivity index (χ4n) is 2.68. The summed E-state index contributed by atoms with van der Waals surface area (Å²) in [6.07, 6.45) is 2.47. The van der Waals surface area contributed by atoms with Gasteiger partial charge < -0.3 is 10.0 Å². The number of nitrogens with zero attached hydrogens (tertiary/aromatic N) is 3. The van der Waals surface area contributed by atoms with Gasteiger partial charge in [0.05, 0.1) is 5.69 Å². The largest absolute Gasteiger partial charge is 0.476 e. The molecular formula is C15H17N3O2. The maximum Gasteiger partial charge on any atom is 0.356 e. The molecule has 0 unspecified atom stereocenters. The molecule has 1 N–H and O–H groups in total. The number of aromatic carboxylic acids is 1. The van der Waals surface area contributed by atoms with Crippen molar-refractivity contribution in [3.8, 4) is 11.3 Å². The van der Waals surface area contributed by atoms with Crippen molar-refractivity contribution in [1.29, 1.82) is 0 Å². The Morgan fingerprint density at radius 1 is 1.25 bits per heavy atom. The number of aryl methyl sites for hydroxylation is 1. The van der Waals surface area contributed by atoms with Gasteiger partial charge in [-0.05, 0) is 31.0 Å². The second kappa shape index (κ2) is 5.00. The molecule has 1 aliphatic rings. The summed E-state index contributed by atoms with van der Waals surface area (Å²) in [7, 11) is 1.77. The summed E-state index contributed by atoms with van der Waals surface area (Å²) >= 11 is 0. The van der Waals surface area contributed by atoms with E-state index >= 15 is 0 Å². The second-order valence-corrected chi connectivity index (χ2v) is 5.09. The summed E-state index contributed by atoms with van der Waals surface area (Å²) < 4.78 is 1.62. The van der Waals surface area contributed by atoms with Crippen LogP contribution < -0.4 is 4.90 Å². The molecule has 0 aliphatic carbocycles. The second-order valence-electron chi connectivity index (χ2n) is 5.09. The van der Waals surface area contributed by atoms with Gasteiger partial charge in [0.25, 0.3) is 0 Å². The normalized spacial score (nSPS) is 14.8. The summed E-state index contributed by atoms with van der Waals surface area (Å²) in [6.45, 7) is 2.18. The zero-order valence-electron chi connectivity index (χ0n) is 11.4. The Balaban J connectivity index is 1.97. The van der Waals surface area contributed by atoms with Crippen LogP contribution in [0.25, 0.3) is 11.3 Å². The van der Waals surface area contributed by atoms with E-state index in [2.05, 4.69) is 22.1 Å². The number of benzene rings is 1. The van der Waals surface area contributed by atoms with Crippen LogP contribution in [0.3, 0.4) is 0 Å². The highest BCUT2D eigenvalue weighted by Gasteiger charge is 2.15. The third-order valence-electron chi connectivity index (χ3n) is 3.71.